The van der Waals surface area contributed by atoms with Crippen LogP contribution < -0.4 is 14.8 Å². The average Bonchev–Trinajstić information content (AvgIpc) is 2.85. The Morgan fingerprint density at radius 1 is 1.14 bits per heavy atom. The second-order valence-electron chi connectivity index (χ2n) is 6.33. The van der Waals surface area contributed by atoms with E-state index in [-0.39, 0.29) is 12.4 Å². The normalized spacial score (nSPS) is 26.6. The minimum absolute atomic E-state index is 0. The van der Waals surface area contributed by atoms with Crippen LogP contribution in [0.3, 0.4) is 0 Å². The van der Waals surface area contributed by atoms with Gasteiger partial charge in [-0.25, -0.2) is 0 Å². The first-order valence-corrected chi connectivity index (χ1v) is 7.87. The molecule has 0 radical (unpaired) electrons. The molecule has 2 aliphatic rings. The molecule has 0 aromatic heterocycles. The van der Waals surface area contributed by atoms with E-state index in [1.54, 1.807) is 14.2 Å². The number of hydrogen-bond acceptors (Lipinski definition) is 4. The molecule has 2 aliphatic heterocycles. The van der Waals surface area contributed by atoms with Crippen molar-refractivity contribution in [3.8, 4) is 11.5 Å². The van der Waals surface area contributed by atoms with Crippen LogP contribution >= 0.6 is 12.4 Å². The highest BCUT2D eigenvalue weighted by Crippen LogP contribution is 2.34. The molecule has 3 rings (SSSR count). The average molecular weight is 327 g/mol. The Hall–Kier alpha value is -0.970. The number of halogens is 1. The first-order valence-electron chi connectivity index (χ1n) is 7.87. The molecule has 0 spiro atoms. The number of piperidine rings is 1. The molecule has 2 heterocycles. The number of ether oxygens (including phenoxy) is 2. The summed E-state index contributed by atoms with van der Waals surface area (Å²) >= 11 is 0. The zero-order valence-corrected chi connectivity index (χ0v) is 14.5. The summed E-state index contributed by atoms with van der Waals surface area (Å²) in [6.45, 7) is 0.907. The van der Waals surface area contributed by atoms with E-state index >= 15 is 0 Å². The van der Waals surface area contributed by atoms with Gasteiger partial charge in [0.1, 0.15) is 0 Å². The van der Waals surface area contributed by atoms with E-state index in [4.69, 9.17) is 9.47 Å². The zero-order chi connectivity index (χ0) is 14.8. The highest BCUT2D eigenvalue weighted by Gasteiger charge is 2.35. The van der Waals surface area contributed by atoms with Gasteiger partial charge in [0.2, 0.25) is 0 Å². The number of methoxy groups -OCH3 is 2. The topological polar surface area (TPSA) is 33.7 Å². The van der Waals surface area contributed by atoms with Gasteiger partial charge in [-0.2, -0.15) is 0 Å². The highest BCUT2D eigenvalue weighted by molar-refractivity contribution is 5.85. The minimum Gasteiger partial charge on any atom is -0.493 e. The number of hydrogen-bond donors (Lipinski definition) is 1. The van der Waals surface area contributed by atoms with Crippen molar-refractivity contribution in [1.82, 2.24) is 10.2 Å². The fraction of sp³-hybridized carbons (Fsp3) is 0.647. The molecule has 2 bridgehead atoms. The lowest BCUT2D eigenvalue weighted by Crippen LogP contribution is -2.46. The number of rotatable bonds is 5. The Kier molecular flexibility index (Phi) is 5.95. The molecule has 0 amide bonds. The van der Waals surface area contributed by atoms with Gasteiger partial charge in [0, 0.05) is 30.2 Å². The number of fused-ring (bicyclic) bond motifs is 2. The standard InChI is InChI=1S/C17H26N2O2.ClH/c1-19(15-9-13-7-8-14(10-15)18-13)11-12-5-4-6-16(20-2)17(12)21-3;/h4-6,13-15,18H,7-11H2,1-3H3;1H. The van der Waals surface area contributed by atoms with Gasteiger partial charge in [-0.05, 0) is 38.8 Å². The molecular formula is C17H27ClN2O2. The molecule has 5 heteroatoms. The third-order valence-corrected chi connectivity index (χ3v) is 4.98. The Morgan fingerprint density at radius 2 is 1.82 bits per heavy atom. The third kappa shape index (κ3) is 3.50. The van der Waals surface area contributed by atoms with Crippen molar-refractivity contribution >= 4 is 12.4 Å². The molecule has 0 saturated carbocycles. The predicted octanol–water partition coefficient (Wildman–Crippen LogP) is 2.84. The van der Waals surface area contributed by atoms with Crippen molar-refractivity contribution in [2.24, 2.45) is 0 Å². The van der Waals surface area contributed by atoms with Gasteiger partial charge < -0.3 is 14.8 Å². The van der Waals surface area contributed by atoms with E-state index in [0.29, 0.717) is 6.04 Å². The zero-order valence-electron chi connectivity index (χ0n) is 13.7. The Morgan fingerprint density at radius 3 is 2.41 bits per heavy atom. The smallest absolute Gasteiger partial charge is 0.165 e. The number of nitrogens with zero attached hydrogens (tertiary/aromatic N) is 1. The maximum Gasteiger partial charge on any atom is 0.165 e. The summed E-state index contributed by atoms with van der Waals surface area (Å²) in [6.07, 6.45) is 5.22. The van der Waals surface area contributed by atoms with Gasteiger partial charge in [0.25, 0.3) is 0 Å². The molecular weight excluding hydrogens is 300 g/mol. The molecule has 1 aromatic rings. The van der Waals surface area contributed by atoms with E-state index in [2.05, 4.69) is 23.3 Å². The lowest BCUT2D eigenvalue weighted by Gasteiger charge is -2.35. The van der Waals surface area contributed by atoms with E-state index in [9.17, 15) is 0 Å². The maximum atomic E-state index is 5.55. The minimum atomic E-state index is 0. The molecule has 2 saturated heterocycles. The Bertz CT molecular complexity index is 486. The third-order valence-electron chi connectivity index (χ3n) is 4.98. The fourth-order valence-electron chi connectivity index (χ4n) is 3.86. The van der Waals surface area contributed by atoms with E-state index in [1.165, 1.54) is 31.2 Å². The van der Waals surface area contributed by atoms with E-state index in [0.717, 1.165) is 30.1 Å². The lowest BCUT2D eigenvalue weighted by molar-refractivity contribution is 0.164. The summed E-state index contributed by atoms with van der Waals surface area (Å²) < 4.78 is 10.9. The second kappa shape index (κ2) is 7.53. The van der Waals surface area contributed by atoms with Crippen LogP contribution in [0.5, 0.6) is 11.5 Å². The van der Waals surface area contributed by atoms with Gasteiger partial charge in [0.05, 0.1) is 14.2 Å². The predicted molar refractivity (Wildman–Crippen MR) is 91.2 cm³/mol. The molecule has 0 aliphatic carbocycles. The van der Waals surface area contributed by atoms with Crippen molar-refractivity contribution in [2.45, 2.75) is 50.4 Å². The van der Waals surface area contributed by atoms with Crippen LogP contribution in [-0.4, -0.2) is 44.3 Å². The summed E-state index contributed by atoms with van der Waals surface area (Å²) in [4.78, 5) is 2.48. The van der Waals surface area contributed by atoms with Crippen LogP contribution in [0.4, 0.5) is 0 Å². The molecule has 4 nitrogen and oxygen atoms in total. The summed E-state index contributed by atoms with van der Waals surface area (Å²) in [5.41, 5.74) is 1.20. The largest absolute Gasteiger partial charge is 0.493 e. The summed E-state index contributed by atoms with van der Waals surface area (Å²) in [5.74, 6) is 1.68. The van der Waals surface area contributed by atoms with Crippen LogP contribution in [0.2, 0.25) is 0 Å². The van der Waals surface area contributed by atoms with Crippen LogP contribution in [-0.2, 0) is 6.54 Å². The Balaban J connectivity index is 0.00000176. The van der Waals surface area contributed by atoms with Gasteiger partial charge >= 0.3 is 0 Å². The van der Waals surface area contributed by atoms with Gasteiger partial charge in [-0.15, -0.1) is 12.4 Å². The van der Waals surface area contributed by atoms with Gasteiger partial charge in [-0.3, -0.25) is 4.90 Å². The Labute approximate surface area is 139 Å². The van der Waals surface area contributed by atoms with E-state index in [1.807, 2.05) is 12.1 Å². The number of para-hydroxylation sites is 1. The fourth-order valence-corrected chi connectivity index (χ4v) is 3.86. The number of nitrogens with one attached hydrogen (secondary N) is 1. The highest BCUT2D eigenvalue weighted by atomic mass is 35.5. The molecule has 1 aromatic carbocycles. The lowest BCUT2D eigenvalue weighted by atomic mass is 9.98. The van der Waals surface area contributed by atoms with Gasteiger partial charge in [-0.1, -0.05) is 12.1 Å². The molecule has 2 unspecified atom stereocenters. The number of benzene rings is 1. The van der Waals surface area contributed by atoms with Crippen molar-refractivity contribution in [3.63, 3.8) is 0 Å². The van der Waals surface area contributed by atoms with Crippen molar-refractivity contribution < 1.29 is 9.47 Å². The molecule has 1 N–H and O–H groups in total. The van der Waals surface area contributed by atoms with Crippen molar-refractivity contribution in [3.05, 3.63) is 23.8 Å². The van der Waals surface area contributed by atoms with Crippen LogP contribution in [0.1, 0.15) is 31.2 Å². The monoisotopic (exact) mass is 326 g/mol. The maximum absolute atomic E-state index is 5.55. The molecule has 22 heavy (non-hydrogen) atoms. The first kappa shape index (κ1) is 17.4. The second-order valence-corrected chi connectivity index (χ2v) is 6.33. The molecule has 2 atom stereocenters. The summed E-state index contributed by atoms with van der Waals surface area (Å²) in [6, 6.07) is 8.24. The summed E-state index contributed by atoms with van der Waals surface area (Å²) in [5, 5.41) is 3.71. The van der Waals surface area contributed by atoms with Crippen LogP contribution in [0.15, 0.2) is 18.2 Å². The molecule has 2 fully saturated rings. The van der Waals surface area contributed by atoms with Gasteiger partial charge in [0.15, 0.2) is 11.5 Å². The summed E-state index contributed by atoms with van der Waals surface area (Å²) in [7, 11) is 5.64. The van der Waals surface area contributed by atoms with Crippen molar-refractivity contribution in [1.29, 1.82) is 0 Å². The first-order chi connectivity index (χ1) is 10.2. The van der Waals surface area contributed by atoms with Crippen molar-refractivity contribution in [2.75, 3.05) is 21.3 Å². The van der Waals surface area contributed by atoms with E-state index < -0.39 is 0 Å². The molecule has 124 valence electrons. The van der Waals surface area contributed by atoms with Crippen LogP contribution in [0, 0.1) is 0 Å². The SMILES string of the molecule is COc1cccc(CN(C)C2CC3CCC(C2)N3)c1OC.Cl. The quantitative estimate of drug-likeness (QED) is 0.902. The van der Waals surface area contributed by atoms with Crippen LogP contribution in [0.25, 0.3) is 0 Å².